The van der Waals surface area contributed by atoms with Gasteiger partial charge in [0.05, 0.1) is 10.8 Å². The van der Waals surface area contributed by atoms with Crippen molar-refractivity contribution in [1.29, 1.82) is 0 Å². The van der Waals surface area contributed by atoms with Crippen molar-refractivity contribution in [2.24, 2.45) is 0 Å². The van der Waals surface area contributed by atoms with E-state index in [1.807, 2.05) is 0 Å². The molecule has 106 valence electrons. The second kappa shape index (κ2) is 6.11. The zero-order chi connectivity index (χ0) is 14.8. The number of hydrogen-bond donors (Lipinski definition) is 0. The molecule has 0 atom stereocenters. The number of nitrogens with zero attached hydrogens (tertiary/aromatic N) is 1. The van der Waals surface area contributed by atoms with Crippen molar-refractivity contribution < 1.29 is 13.2 Å². The molecule has 4 nitrogen and oxygen atoms in total. The average Bonchev–Trinajstić information content (AvgIpc) is 2.40. The Balaban J connectivity index is 2.36. The Bertz CT molecular complexity index is 734. The summed E-state index contributed by atoms with van der Waals surface area (Å²) in [5.41, 5.74) is 0.714. The topological polar surface area (TPSA) is 56.3 Å². The van der Waals surface area contributed by atoms with Crippen LogP contribution in [0.5, 0.6) is 11.6 Å². The summed E-state index contributed by atoms with van der Waals surface area (Å²) in [5.74, 6) is 0.996. The Kier molecular flexibility index (Phi) is 4.67. The number of sulfone groups is 1. The first kappa shape index (κ1) is 15.3. The predicted octanol–water partition coefficient (Wildman–Crippen LogP) is 3.78. The van der Waals surface area contributed by atoms with Crippen LogP contribution in [-0.2, 0) is 15.7 Å². The Morgan fingerprint density at radius 2 is 2.10 bits per heavy atom. The lowest BCUT2D eigenvalue weighted by molar-refractivity contribution is 0.456. The predicted molar refractivity (Wildman–Crippen MR) is 81.1 cm³/mol. The van der Waals surface area contributed by atoms with E-state index in [1.165, 1.54) is 12.1 Å². The van der Waals surface area contributed by atoms with Gasteiger partial charge in [0.1, 0.15) is 5.75 Å². The third kappa shape index (κ3) is 3.71. The van der Waals surface area contributed by atoms with Gasteiger partial charge in [-0.1, -0.05) is 6.07 Å². The van der Waals surface area contributed by atoms with Crippen LogP contribution in [0.1, 0.15) is 5.56 Å². The molecule has 0 saturated carbocycles. The lowest BCUT2D eigenvalue weighted by Crippen LogP contribution is -1.98. The Labute approximate surface area is 130 Å². The Hall–Kier alpha value is -1.11. The molecule has 0 radical (unpaired) electrons. The van der Waals surface area contributed by atoms with Gasteiger partial charge in [0.2, 0.25) is 5.88 Å². The lowest BCUT2D eigenvalue weighted by Gasteiger charge is -2.09. The Morgan fingerprint density at radius 3 is 2.75 bits per heavy atom. The SMILES string of the molecule is CS(=O)(=O)c1cccc(Oc2ncc(Br)cc2CCl)c1. The third-order valence-electron chi connectivity index (χ3n) is 2.48. The third-order valence-corrected chi connectivity index (χ3v) is 4.32. The molecule has 1 heterocycles. The van der Waals surface area contributed by atoms with E-state index in [1.54, 1.807) is 24.4 Å². The smallest absolute Gasteiger partial charge is 0.223 e. The molecule has 7 heteroatoms. The summed E-state index contributed by atoms with van der Waals surface area (Å²) in [7, 11) is -3.27. The van der Waals surface area contributed by atoms with E-state index < -0.39 is 9.84 Å². The van der Waals surface area contributed by atoms with Gasteiger partial charge in [-0.25, -0.2) is 13.4 Å². The molecule has 1 aromatic carbocycles. The quantitative estimate of drug-likeness (QED) is 0.762. The molecule has 0 N–H and O–H groups in total. The van der Waals surface area contributed by atoms with Gasteiger partial charge in [-0.3, -0.25) is 0 Å². The summed E-state index contributed by atoms with van der Waals surface area (Å²) in [4.78, 5) is 4.33. The number of rotatable bonds is 4. The van der Waals surface area contributed by atoms with Gasteiger partial charge in [-0.05, 0) is 40.2 Å². The molecule has 0 fully saturated rings. The molecule has 2 aromatic rings. The van der Waals surface area contributed by atoms with Gasteiger partial charge in [-0.2, -0.15) is 0 Å². The zero-order valence-electron chi connectivity index (χ0n) is 10.5. The van der Waals surface area contributed by atoms with Crippen LogP contribution in [-0.4, -0.2) is 19.7 Å². The molecule has 20 heavy (non-hydrogen) atoms. The molecule has 1 aromatic heterocycles. The Morgan fingerprint density at radius 1 is 1.35 bits per heavy atom. The molecule has 0 aliphatic heterocycles. The van der Waals surface area contributed by atoms with E-state index in [-0.39, 0.29) is 10.8 Å². The van der Waals surface area contributed by atoms with Crippen LogP contribution in [0.25, 0.3) is 0 Å². The van der Waals surface area contributed by atoms with Crippen molar-refractivity contribution in [3.05, 3.63) is 46.6 Å². The van der Waals surface area contributed by atoms with E-state index >= 15 is 0 Å². The van der Waals surface area contributed by atoms with Gasteiger partial charge in [0.15, 0.2) is 9.84 Å². The van der Waals surface area contributed by atoms with Crippen LogP contribution in [0.15, 0.2) is 45.9 Å². The molecule has 0 saturated heterocycles. The van der Waals surface area contributed by atoms with Crippen molar-refractivity contribution in [2.45, 2.75) is 10.8 Å². The van der Waals surface area contributed by atoms with Crippen molar-refractivity contribution in [2.75, 3.05) is 6.26 Å². The second-order valence-electron chi connectivity index (χ2n) is 4.10. The molecular weight excluding hydrogens is 366 g/mol. The number of halogens is 2. The highest BCUT2D eigenvalue weighted by Gasteiger charge is 2.11. The van der Waals surface area contributed by atoms with Gasteiger partial charge >= 0.3 is 0 Å². The van der Waals surface area contributed by atoms with Crippen molar-refractivity contribution in [3.63, 3.8) is 0 Å². The first-order valence-electron chi connectivity index (χ1n) is 5.58. The molecule has 0 aliphatic rings. The number of alkyl halides is 1. The average molecular weight is 377 g/mol. The van der Waals surface area contributed by atoms with E-state index in [2.05, 4.69) is 20.9 Å². The number of hydrogen-bond acceptors (Lipinski definition) is 4. The summed E-state index contributed by atoms with van der Waals surface area (Å²) in [6.07, 6.45) is 2.74. The minimum atomic E-state index is -3.27. The molecular formula is C13H11BrClNO3S. The van der Waals surface area contributed by atoms with Crippen LogP contribution in [0, 0.1) is 0 Å². The lowest BCUT2D eigenvalue weighted by atomic mass is 10.3. The first-order chi connectivity index (χ1) is 9.40. The fourth-order valence-electron chi connectivity index (χ4n) is 1.54. The van der Waals surface area contributed by atoms with E-state index in [0.29, 0.717) is 17.2 Å². The maximum atomic E-state index is 11.5. The highest BCUT2D eigenvalue weighted by molar-refractivity contribution is 9.10. The number of pyridine rings is 1. The van der Waals surface area contributed by atoms with Gasteiger partial charge < -0.3 is 4.74 Å². The molecule has 0 amide bonds. The minimum Gasteiger partial charge on any atom is -0.439 e. The fraction of sp³-hybridized carbons (Fsp3) is 0.154. The van der Waals surface area contributed by atoms with Crippen molar-refractivity contribution in [1.82, 2.24) is 4.98 Å². The highest BCUT2D eigenvalue weighted by Crippen LogP contribution is 2.27. The standard InChI is InChI=1S/C13H11BrClNO3S/c1-20(17,18)12-4-2-3-11(6-12)19-13-9(7-15)5-10(14)8-16-13/h2-6,8H,7H2,1H3. The maximum Gasteiger partial charge on any atom is 0.223 e. The van der Waals surface area contributed by atoms with Crippen LogP contribution < -0.4 is 4.74 Å². The number of ether oxygens (including phenoxy) is 1. The van der Waals surface area contributed by atoms with Crippen molar-refractivity contribution >= 4 is 37.4 Å². The molecule has 0 spiro atoms. The van der Waals surface area contributed by atoms with Crippen LogP contribution in [0.2, 0.25) is 0 Å². The monoisotopic (exact) mass is 375 g/mol. The largest absolute Gasteiger partial charge is 0.439 e. The number of aromatic nitrogens is 1. The number of benzene rings is 1. The summed E-state index contributed by atoms with van der Waals surface area (Å²) in [6, 6.07) is 8.05. The summed E-state index contributed by atoms with van der Waals surface area (Å²) < 4.78 is 29.4. The molecule has 0 aliphatic carbocycles. The highest BCUT2D eigenvalue weighted by atomic mass is 79.9. The minimum absolute atomic E-state index is 0.194. The van der Waals surface area contributed by atoms with Gasteiger partial charge in [-0.15, -0.1) is 11.6 Å². The first-order valence-corrected chi connectivity index (χ1v) is 8.80. The normalized spacial score (nSPS) is 11.3. The maximum absolute atomic E-state index is 11.5. The van der Waals surface area contributed by atoms with E-state index in [4.69, 9.17) is 16.3 Å². The summed E-state index contributed by atoms with van der Waals surface area (Å²) >= 11 is 9.14. The van der Waals surface area contributed by atoms with Crippen molar-refractivity contribution in [3.8, 4) is 11.6 Å². The van der Waals surface area contributed by atoms with Crippen LogP contribution in [0.3, 0.4) is 0 Å². The van der Waals surface area contributed by atoms with E-state index in [0.717, 1.165) is 10.7 Å². The zero-order valence-corrected chi connectivity index (χ0v) is 13.7. The van der Waals surface area contributed by atoms with Gasteiger partial charge in [0, 0.05) is 22.5 Å². The van der Waals surface area contributed by atoms with Gasteiger partial charge in [0.25, 0.3) is 0 Å². The fourth-order valence-corrected chi connectivity index (χ4v) is 2.76. The van der Waals surface area contributed by atoms with Crippen LogP contribution in [0.4, 0.5) is 0 Å². The molecule has 0 unspecified atom stereocenters. The molecule has 0 bridgehead atoms. The summed E-state index contributed by atoms with van der Waals surface area (Å²) in [5, 5.41) is 0. The second-order valence-corrected chi connectivity index (χ2v) is 7.30. The molecule has 2 rings (SSSR count). The summed E-state index contributed by atoms with van der Waals surface area (Å²) in [6.45, 7) is 0. The van der Waals surface area contributed by atoms with E-state index in [9.17, 15) is 8.42 Å². The van der Waals surface area contributed by atoms with Crippen LogP contribution >= 0.6 is 27.5 Å².